The molecule has 0 bridgehead atoms. The first kappa shape index (κ1) is 35.2. The molecule has 1 N–H and O–H groups in total. The van der Waals surface area contributed by atoms with Crippen LogP contribution in [0.15, 0.2) is 45.6 Å². The Hall–Kier alpha value is -3.24. The lowest BCUT2D eigenvalue weighted by Gasteiger charge is -2.33. The summed E-state index contributed by atoms with van der Waals surface area (Å²) in [4.78, 5) is 24.3. The number of carbonyl (C=O) groups is 1. The molecule has 0 saturated heterocycles. The molecule has 1 aliphatic rings. The van der Waals surface area contributed by atoms with Gasteiger partial charge < -0.3 is 9.73 Å². The second-order valence-electron chi connectivity index (χ2n) is 12.3. The van der Waals surface area contributed by atoms with Gasteiger partial charge in [-0.3, -0.25) is 9.36 Å². The minimum atomic E-state index is -4.91. The largest absolute Gasteiger partial charge is 0.419 e. The van der Waals surface area contributed by atoms with Gasteiger partial charge in [0.25, 0.3) is 0 Å². The fourth-order valence-corrected chi connectivity index (χ4v) is 5.45. The highest BCUT2D eigenvalue weighted by Gasteiger charge is 2.42. The number of aryl methyl sites for hydroxylation is 2. The summed E-state index contributed by atoms with van der Waals surface area (Å²) in [5.74, 6) is 0.284. The van der Waals surface area contributed by atoms with E-state index in [0.717, 1.165) is 44.0 Å². The number of halogens is 6. The summed E-state index contributed by atoms with van der Waals surface area (Å²) in [5, 5.41) is 2.67. The lowest BCUT2D eigenvalue weighted by Crippen LogP contribution is -2.41. The van der Waals surface area contributed by atoms with Crippen LogP contribution >= 0.6 is 0 Å². The van der Waals surface area contributed by atoms with E-state index >= 15 is 0 Å². The van der Waals surface area contributed by atoms with E-state index in [-0.39, 0.29) is 29.8 Å². The third-order valence-electron chi connectivity index (χ3n) is 8.15. The van der Waals surface area contributed by atoms with Crippen molar-refractivity contribution in [1.82, 2.24) is 9.88 Å². The van der Waals surface area contributed by atoms with E-state index in [9.17, 15) is 35.9 Å². The van der Waals surface area contributed by atoms with Crippen LogP contribution in [0.3, 0.4) is 0 Å². The Bertz CT molecular complexity index is 1430. The first-order chi connectivity index (χ1) is 20.5. The normalized spacial score (nSPS) is 15.2. The van der Waals surface area contributed by atoms with E-state index in [1.807, 2.05) is 25.1 Å². The highest BCUT2D eigenvalue weighted by molar-refractivity contribution is 5.82. The summed E-state index contributed by atoms with van der Waals surface area (Å²) in [6, 6.07) is 7.25. The zero-order valence-electron chi connectivity index (χ0n) is 25.9. The van der Waals surface area contributed by atoms with Gasteiger partial charge in [0.1, 0.15) is 0 Å². The van der Waals surface area contributed by atoms with E-state index in [0.29, 0.717) is 42.4 Å². The van der Waals surface area contributed by atoms with Crippen molar-refractivity contribution in [1.29, 1.82) is 0 Å². The maximum Gasteiger partial charge on any atom is 0.419 e. The van der Waals surface area contributed by atoms with Crippen molar-refractivity contribution >= 4 is 17.0 Å². The van der Waals surface area contributed by atoms with E-state index < -0.39 is 28.9 Å². The number of hydrogen-bond acceptors (Lipinski definition) is 3. The molecule has 1 amide bonds. The number of amides is 1. The van der Waals surface area contributed by atoms with Crippen LogP contribution in [0.2, 0.25) is 0 Å². The van der Waals surface area contributed by atoms with Crippen molar-refractivity contribution < 1.29 is 35.6 Å². The van der Waals surface area contributed by atoms with E-state index in [1.165, 1.54) is 10.1 Å². The smallest absolute Gasteiger partial charge is 0.408 e. The Labute approximate surface area is 254 Å². The number of aromatic nitrogens is 1. The number of nitrogens with one attached hydrogen (secondary N) is 1. The van der Waals surface area contributed by atoms with Gasteiger partial charge >= 0.3 is 18.1 Å². The Kier molecular flexibility index (Phi) is 11.4. The zero-order valence-corrected chi connectivity index (χ0v) is 25.9. The van der Waals surface area contributed by atoms with Crippen LogP contribution in [0, 0.1) is 17.3 Å². The minimum absolute atomic E-state index is 0.0996. The van der Waals surface area contributed by atoms with Gasteiger partial charge in [-0.2, -0.15) is 26.3 Å². The van der Waals surface area contributed by atoms with Gasteiger partial charge in [-0.05, 0) is 85.4 Å². The van der Waals surface area contributed by atoms with E-state index in [2.05, 4.69) is 26.1 Å². The van der Waals surface area contributed by atoms with Crippen LogP contribution in [0.1, 0.15) is 94.9 Å². The molecule has 4 rings (SSSR count). The number of fused-ring (bicyclic) bond motifs is 1. The van der Waals surface area contributed by atoms with Crippen LogP contribution < -0.4 is 11.1 Å². The van der Waals surface area contributed by atoms with Crippen molar-refractivity contribution in [2.45, 2.75) is 98.0 Å². The number of hydrogen-bond donors (Lipinski definition) is 1. The van der Waals surface area contributed by atoms with Crippen LogP contribution in [0.5, 0.6) is 0 Å². The fourth-order valence-electron chi connectivity index (χ4n) is 5.45. The number of benzene rings is 2. The number of carbonyl (C=O) groups excluding carboxylic acids is 1. The summed E-state index contributed by atoms with van der Waals surface area (Å²) in [5.41, 5.74) is -0.850. The number of nitrogens with zero attached hydrogens (tertiary/aromatic N) is 1. The molecule has 5 nitrogen and oxygen atoms in total. The molecule has 1 unspecified atom stereocenters. The maximum absolute atomic E-state index is 13.2. The van der Waals surface area contributed by atoms with Crippen LogP contribution in [0.4, 0.5) is 26.3 Å². The summed E-state index contributed by atoms with van der Waals surface area (Å²) < 4.78 is 85.1. The van der Waals surface area contributed by atoms with Crippen LogP contribution in [-0.2, 0) is 37.2 Å². The van der Waals surface area contributed by atoms with Gasteiger partial charge in [0.05, 0.1) is 16.6 Å². The molecule has 11 heteroatoms. The molecule has 1 aromatic heterocycles. The first-order valence-corrected chi connectivity index (χ1v) is 15.1. The Morgan fingerprint density at radius 2 is 1.57 bits per heavy atom. The molecule has 1 heterocycles. The summed E-state index contributed by atoms with van der Waals surface area (Å²) in [6.07, 6.45) is -3.08. The van der Waals surface area contributed by atoms with Crippen molar-refractivity contribution in [2.24, 2.45) is 24.3 Å². The van der Waals surface area contributed by atoms with E-state index in [4.69, 9.17) is 4.42 Å². The first-order valence-electron chi connectivity index (χ1n) is 15.1. The average molecular weight is 629 g/mol. The topological polar surface area (TPSA) is 64.2 Å². The average Bonchev–Trinajstić information content (AvgIpc) is 3.72. The van der Waals surface area contributed by atoms with Crippen LogP contribution in [0.25, 0.3) is 11.1 Å². The molecule has 44 heavy (non-hydrogen) atoms. The summed E-state index contributed by atoms with van der Waals surface area (Å²) >= 11 is 0. The molecule has 0 spiro atoms. The quantitative estimate of drug-likeness (QED) is 0.216. The Balaban J connectivity index is 0.000000335. The van der Waals surface area contributed by atoms with Crippen LogP contribution in [-0.4, -0.2) is 10.5 Å². The second kappa shape index (κ2) is 14.2. The van der Waals surface area contributed by atoms with Gasteiger partial charge in [0.15, 0.2) is 5.58 Å². The lowest BCUT2D eigenvalue weighted by molar-refractivity contribution is -0.143. The number of oxazole rings is 1. The molecular weight excluding hydrogens is 586 g/mol. The molecule has 3 aromatic rings. The standard InChI is InChI=1S/C23H31F6NO.C10H11NO2/c1-4-8-21(9-7-15(2)3,13-16-5-6-16)20(31)30-14-17-10-18(22(24,25)26)12-19(11-17)23(27,28)29;1-3-7-4-5-9-8(6-7)11(2)10(12)13-9/h10-12,15-16H,4-9,13-14H2,1-3H3,(H,30,31);4-6H,3H2,1-2H3. The SMILES string of the molecule is CCCC(CCC(C)C)(CC1CC1)C(=O)NCc1cc(C(F)(F)F)cc(C(F)(F)F)c1.CCc1ccc2oc(=O)n(C)c2c1. The van der Waals surface area contributed by atoms with Crippen molar-refractivity contribution in [3.8, 4) is 0 Å². The van der Waals surface area contributed by atoms with Crippen molar-refractivity contribution in [2.75, 3.05) is 0 Å². The fraction of sp³-hybridized carbons (Fsp3) is 0.576. The predicted octanol–water partition coefficient (Wildman–Crippen LogP) is 9.06. The Morgan fingerprint density at radius 1 is 0.955 bits per heavy atom. The van der Waals surface area contributed by atoms with Gasteiger partial charge in [-0.1, -0.05) is 53.0 Å². The molecule has 0 aliphatic heterocycles. The predicted molar refractivity (Wildman–Crippen MR) is 158 cm³/mol. The summed E-state index contributed by atoms with van der Waals surface area (Å²) in [7, 11) is 1.72. The van der Waals surface area contributed by atoms with Gasteiger partial charge in [-0.25, -0.2) is 4.79 Å². The molecule has 2 aromatic carbocycles. The van der Waals surface area contributed by atoms with Gasteiger partial charge in [-0.15, -0.1) is 0 Å². The molecule has 0 radical (unpaired) electrons. The minimum Gasteiger partial charge on any atom is -0.408 e. The van der Waals surface area contributed by atoms with Gasteiger partial charge in [0, 0.05) is 19.0 Å². The molecule has 1 saturated carbocycles. The highest BCUT2D eigenvalue weighted by Crippen LogP contribution is 2.46. The molecule has 1 fully saturated rings. The molecule has 1 atom stereocenters. The number of alkyl halides is 6. The van der Waals surface area contributed by atoms with Gasteiger partial charge in [0.2, 0.25) is 5.91 Å². The monoisotopic (exact) mass is 628 g/mol. The van der Waals surface area contributed by atoms with E-state index in [1.54, 1.807) is 7.05 Å². The lowest BCUT2D eigenvalue weighted by atomic mass is 9.73. The molecular formula is C33H42F6N2O3. The van der Waals surface area contributed by atoms with Crippen molar-refractivity contribution in [3.63, 3.8) is 0 Å². The maximum atomic E-state index is 13.2. The molecule has 1 aliphatic carbocycles. The summed E-state index contributed by atoms with van der Waals surface area (Å²) in [6.45, 7) is 7.82. The second-order valence-corrected chi connectivity index (χ2v) is 12.3. The Morgan fingerprint density at radius 3 is 2.07 bits per heavy atom. The highest BCUT2D eigenvalue weighted by atomic mass is 19.4. The number of rotatable bonds is 11. The zero-order chi connectivity index (χ0) is 32.9. The van der Waals surface area contributed by atoms with Crippen molar-refractivity contribution in [3.05, 3.63) is 69.2 Å². The third-order valence-corrected chi connectivity index (χ3v) is 8.15. The molecule has 244 valence electrons. The third kappa shape index (κ3) is 9.38.